The number of rotatable bonds is 12. The van der Waals surface area contributed by atoms with Crippen molar-refractivity contribution in [1.29, 1.82) is 0 Å². The van der Waals surface area contributed by atoms with Crippen LogP contribution in [0.4, 0.5) is 10.6 Å². The van der Waals surface area contributed by atoms with Gasteiger partial charge in [-0.1, -0.05) is 57.2 Å². The smallest absolute Gasteiger partial charge is 0.452 e. The van der Waals surface area contributed by atoms with Gasteiger partial charge in [-0.3, -0.25) is 4.79 Å². The Morgan fingerprint density at radius 2 is 1.80 bits per heavy atom. The zero-order valence-electron chi connectivity index (χ0n) is 20.5. The van der Waals surface area contributed by atoms with Crippen molar-refractivity contribution in [1.82, 2.24) is 9.29 Å². The Kier molecular flexibility index (Phi) is 10.3. The van der Waals surface area contributed by atoms with Gasteiger partial charge in [0, 0.05) is 30.6 Å². The number of nitrogens with zero attached hydrogens (tertiary/aromatic N) is 2. The SMILES string of the molecule is CCCCCCCCOC(=O)OC(C)OC1=C(C(=O)Nc2ccccn2)N(C)Sc2ccccc21. The molecule has 0 spiro atoms. The van der Waals surface area contributed by atoms with Crippen LogP contribution in [0.5, 0.6) is 0 Å². The third-order valence-electron chi connectivity index (χ3n) is 5.28. The minimum atomic E-state index is -0.968. The first-order chi connectivity index (χ1) is 17.0. The highest BCUT2D eigenvalue weighted by Crippen LogP contribution is 2.41. The number of ether oxygens (including phenoxy) is 3. The van der Waals surface area contributed by atoms with Crippen molar-refractivity contribution in [3.8, 4) is 0 Å². The molecule has 8 nitrogen and oxygen atoms in total. The Morgan fingerprint density at radius 3 is 2.57 bits per heavy atom. The lowest BCUT2D eigenvalue weighted by Crippen LogP contribution is -2.30. The number of pyridine rings is 1. The van der Waals surface area contributed by atoms with Gasteiger partial charge in [-0.25, -0.2) is 9.78 Å². The lowest BCUT2D eigenvalue weighted by atomic mass is 10.1. The van der Waals surface area contributed by atoms with E-state index < -0.39 is 12.4 Å². The predicted octanol–water partition coefficient (Wildman–Crippen LogP) is 6.22. The van der Waals surface area contributed by atoms with Gasteiger partial charge in [0.15, 0.2) is 11.5 Å². The molecule has 1 aliphatic heterocycles. The number of carbonyl (C=O) groups is 2. The Morgan fingerprint density at radius 1 is 1.06 bits per heavy atom. The first-order valence-corrected chi connectivity index (χ1v) is 12.7. The number of benzene rings is 1. The highest BCUT2D eigenvalue weighted by Gasteiger charge is 2.31. The third-order valence-corrected chi connectivity index (χ3v) is 6.29. The van der Waals surface area contributed by atoms with E-state index in [1.807, 2.05) is 24.3 Å². The molecular weight excluding hydrogens is 466 g/mol. The average Bonchev–Trinajstić information content (AvgIpc) is 2.84. The summed E-state index contributed by atoms with van der Waals surface area (Å²) >= 11 is 1.41. The van der Waals surface area contributed by atoms with Crippen LogP contribution in [0, 0.1) is 0 Å². The average molecular weight is 500 g/mol. The highest BCUT2D eigenvalue weighted by molar-refractivity contribution is 7.97. The van der Waals surface area contributed by atoms with Gasteiger partial charge >= 0.3 is 6.16 Å². The molecule has 2 aromatic rings. The van der Waals surface area contributed by atoms with Crippen molar-refractivity contribution in [3.63, 3.8) is 0 Å². The number of fused-ring (bicyclic) bond motifs is 1. The van der Waals surface area contributed by atoms with E-state index in [-0.39, 0.29) is 11.6 Å². The summed E-state index contributed by atoms with van der Waals surface area (Å²) < 4.78 is 18.2. The normalized spacial score (nSPS) is 13.6. The van der Waals surface area contributed by atoms with Crippen LogP contribution in [-0.4, -0.2) is 41.3 Å². The highest BCUT2D eigenvalue weighted by atomic mass is 32.2. The Balaban J connectivity index is 1.66. The molecule has 1 atom stereocenters. The van der Waals surface area contributed by atoms with E-state index in [1.54, 1.807) is 42.7 Å². The molecule has 35 heavy (non-hydrogen) atoms. The van der Waals surface area contributed by atoms with Crippen LogP contribution in [0.1, 0.15) is 57.9 Å². The molecule has 0 saturated heterocycles. The number of carbonyl (C=O) groups excluding carboxylic acids is 2. The number of hydrogen-bond donors (Lipinski definition) is 1. The first kappa shape index (κ1) is 26.4. The Bertz CT molecular complexity index is 1020. The summed E-state index contributed by atoms with van der Waals surface area (Å²) in [6, 6.07) is 12.8. The molecular formula is C26H33N3O5S. The predicted molar refractivity (Wildman–Crippen MR) is 136 cm³/mol. The van der Waals surface area contributed by atoms with Crippen LogP contribution in [0.25, 0.3) is 5.76 Å². The van der Waals surface area contributed by atoms with Crippen molar-refractivity contribution in [2.24, 2.45) is 0 Å². The number of aromatic nitrogens is 1. The van der Waals surface area contributed by atoms with Crippen LogP contribution >= 0.6 is 11.9 Å². The summed E-state index contributed by atoms with van der Waals surface area (Å²) in [5.41, 5.74) is 1.02. The minimum Gasteiger partial charge on any atom is -0.452 e. The summed E-state index contributed by atoms with van der Waals surface area (Å²) in [5, 5.41) is 2.79. The fourth-order valence-electron chi connectivity index (χ4n) is 3.57. The van der Waals surface area contributed by atoms with E-state index in [9.17, 15) is 9.59 Å². The lowest BCUT2D eigenvalue weighted by Gasteiger charge is -2.30. The number of amides is 1. The fourth-order valence-corrected chi connectivity index (χ4v) is 4.52. The summed E-state index contributed by atoms with van der Waals surface area (Å²) in [6.07, 6.45) is 6.41. The van der Waals surface area contributed by atoms with Gasteiger partial charge < -0.3 is 23.8 Å². The number of likely N-dealkylation sites (N-methyl/N-ethyl adjacent to an activating group) is 1. The zero-order valence-corrected chi connectivity index (χ0v) is 21.3. The quantitative estimate of drug-likeness (QED) is 0.159. The molecule has 1 unspecified atom stereocenters. The third kappa shape index (κ3) is 7.92. The molecule has 0 aliphatic carbocycles. The molecule has 0 bridgehead atoms. The van der Waals surface area contributed by atoms with Crippen molar-refractivity contribution in [2.75, 3.05) is 19.0 Å². The monoisotopic (exact) mass is 499 g/mol. The maximum absolute atomic E-state index is 13.2. The Hall–Kier alpha value is -3.20. The van der Waals surface area contributed by atoms with Crippen LogP contribution < -0.4 is 5.32 Å². The van der Waals surface area contributed by atoms with Gasteiger partial charge in [-0.15, -0.1) is 0 Å². The molecule has 0 saturated carbocycles. The second-order valence-electron chi connectivity index (χ2n) is 8.10. The molecule has 3 rings (SSSR count). The summed E-state index contributed by atoms with van der Waals surface area (Å²) in [4.78, 5) is 30.4. The van der Waals surface area contributed by atoms with E-state index in [2.05, 4.69) is 17.2 Å². The topological polar surface area (TPSA) is 90.0 Å². The lowest BCUT2D eigenvalue weighted by molar-refractivity contribution is -0.114. The van der Waals surface area contributed by atoms with E-state index in [4.69, 9.17) is 14.2 Å². The van der Waals surface area contributed by atoms with Crippen LogP contribution in [0.2, 0.25) is 0 Å². The van der Waals surface area contributed by atoms with E-state index in [0.717, 1.165) is 29.7 Å². The summed E-state index contributed by atoms with van der Waals surface area (Å²) in [6.45, 7) is 4.08. The Labute approximate surface area is 211 Å². The maximum atomic E-state index is 13.2. The van der Waals surface area contributed by atoms with Gasteiger partial charge in [0.25, 0.3) is 5.91 Å². The molecule has 1 amide bonds. The van der Waals surface area contributed by atoms with E-state index in [1.165, 1.54) is 31.2 Å². The summed E-state index contributed by atoms with van der Waals surface area (Å²) in [7, 11) is 1.78. The standard InChI is InChI=1S/C26H33N3O5S/c1-4-5-6-7-8-13-18-32-26(31)34-19(2)33-24-20-14-9-10-15-21(20)35-29(3)23(24)25(30)28-22-16-11-12-17-27-22/h9-12,14-17,19H,4-8,13,18H2,1-3H3,(H,27,28,30). The number of nitrogens with one attached hydrogen (secondary N) is 1. The van der Waals surface area contributed by atoms with E-state index in [0.29, 0.717) is 18.2 Å². The first-order valence-electron chi connectivity index (χ1n) is 12.0. The number of unbranched alkanes of at least 4 members (excludes halogenated alkanes) is 5. The van der Waals surface area contributed by atoms with Crippen molar-refractivity contribution >= 4 is 35.6 Å². The number of hydrogen-bond acceptors (Lipinski definition) is 8. The summed E-state index contributed by atoms with van der Waals surface area (Å²) in [5.74, 6) is 0.344. The second kappa shape index (κ2) is 13.6. The van der Waals surface area contributed by atoms with Gasteiger partial charge in [0.1, 0.15) is 5.82 Å². The molecule has 9 heteroatoms. The number of anilines is 1. The maximum Gasteiger partial charge on any atom is 0.511 e. The minimum absolute atomic E-state index is 0.287. The van der Waals surface area contributed by atoms with Crippen molar-refractivity contribution in [2.45, 2.75) is 63.6 Å². The van der Waals surface area contributed by atoms with Gasteiger partial charge in [-0.05, 0) is 42.6 Å². The molecule has 1 aromatic heterocycles. The van der Waals surface area contributed by atoms with Gasteiger partial charge in [-0.2, -0.15) is 0 Å². The van der Waals surface area contributed by atoms with Crippen molar-refractivity contribution < 1.29 is 23.8 Å². The zero-order chi connectivity index (χ0) is 25.0. The molecule has 1 aromatic carbocycles. The van der Waals surface area contributed by atoms with Crippen molar-refractivity contribution in [3.05, 3.63) is 59.9 Å². The largest absolute Gasteiger partial charge is 0.511 e. The molecule has 1 N–H and O–H groups in total. The van der Waals surface area contributed by atoms with Crippen LogP contribution in [-0.2, 0) is 19.0 Å². The van der Waals surface area contributed by atoms with Gasteiger partial charge in [0.05, 0.1) is 6.61 Å². The molecule has 0 fully saturated rings. The molecule has 2 heterocycles. The van der Waals surface area contributed by atoms with Crippen LogP contribution in [0.3, 0.4) is 0 Å². The van der Waals surface area contributed by atoms with Crippen LogP contribution in [0.15, 0.2) is 59.3 Å². The molecule has 188 valence electrons. The molecule has 0 radical (unpaired) electrons. The van der Waals surface area contributed by atoms with E-state index >= 15 is 0 Å². The fraction of sp³-hybridized carbons (Fsp3) is 0.423. The second-order valence-corrected chi connectivity index (χ2v) is 9.27. The van der Waals surface area contributed by atoms with Gasteiger partial charge in [0.2, 0.25) is 6.29 Å². The molecule has 1 aliphatic rings.